The van der Waals surface area contributed by atoms with Crippen molar-refractivity contribution in [3.8, 4) is 5.69 Å². The fourth-order valence-corrected chi connectivity index (χ4v) is 2.84. The Hall–Kier alpha value is -1.17. The van der Waals surface area contributed by atoms with Gasteiger partial charge in [0.2, 0.25) is 0 Å². The minimum absolute atomic E-state index is 0.585. The monoisotopic (exact) mass is 353 g/mol. The van der Waals surface area contributed by atoms with E-state index in [0.29, 0.717) is 9.79 Å². The van der Waals surface area contributed by atoms with Gasteiger partial charge in [0.05, 0.1) is 16.2 Å². The Labute approximate surface area is 128 Å². The first-order chi connectivity index (χ1) is 9.08. The number of nitrogens with zero attached hydrogens (tertiary/aromatic N) is 2. The summed E-state index contributed by atoms with van der Waals surface area (Å²) in [5.74, 6) is 0. The van der Waals surface area contributed by atoms with Crippen LogP contribution in [0.2, 0.25) is 5.02 Å². The van der Waals surface area contributed by atoms with Gasteiger partial charge in [-0.1, -0.05) is 33.6 Å². The topological polar surface area (TPSA) is 33.6 Å². The molecule has 0 amide bonds. The van der Waals surface area contributed by atoms with Crippen molar-refractivity contribution in [1.82, 2.24) is 14.5 Å². The van der Waals surface area contributed by atoms with Gasteiger partial charge in [0.15, 0.2) is 10.4 Å². The summed E-state index contributed by atoms with van der Waals surface area (Å²) >= 11 is 14.9. The van der Waals surface area contributed by atoms with Crippen molar-refractivity contribution in [3.05, 3.63) is 50.3 Å². The van der Waals surface area contributed by atoms with Crippen LogP contribution in [0.15, 0.2) is 34.9 Å². The number of halogens is 2. The maximum absolute atomic E-state index is 5.95. The molecule has 3 rings (SSSR count). The lowest BCUT2D eigenvalue weighted by atomic mass is 10.2. The molecule has 0 spiro atoms. The van der Waals surface area contributed by atoms with Crippen molar-refractivity contribution in [1.29, 1.82) is 0 Å². The summed E-state index contributed by atoms with van der Waals surface area (Å²) in [5.41, 5.74) is 3.71. The van der Waals surface area contributed by atoms with Crippen LogP contribution in [-0.4, -0.2) is 14.5 Å². The van der Waals surface area contributed by atoms with E-state index >= 15 is 0 Å². The molecule has 3 nitrogen and oxygen atoms in total. The number of pyridine rings is 1. The number of imidazole rings is 1. The summed E-state index contributed by atoms with van der Waals surface area (Å²) in [7, 11) is 0. The average molecular weight is 355 g/mol. The zero-order valence-electron chi connectivity index (χ0n) is 9.95. The third-order valence-corrected chi connectivity index (χ3v) is 4.32. The fourth-order valence-electron chi connectivity index (χ4n) is 2.03. The molecule has 1 aromatic carbocycles. The predicted octanol–water partition coefficient (Wildman–Crippen LogP) is 4.81. The Bertz CT molecular complexity index is 838. The summed E-state index contributed by atoms with van der Waals surface area (Å²) in [4.78, 5) is 7.50. The van der Waals surface area contributed by atoms with E-state index in [1.54, 1.807) is 6.20 Å². The SMILES string of the molecule is Cc1c(Br)cccc1-n1c(=S)[nH]c2cc(Cl)cnc21. The summed E-state index contributed by atoms with van der Waals surface area (Å²) in [5, 5.41) is 0.585. The molecule has 0 fully saturated rings. The van der Waals surface area contributed by atoms with E-state index < -0.39 is 0 Å². The molecule has 2 aromatic heterocycles. The summed E-state index contributed by atoms with van der Waals surface area (Å²) in [6.07, 6.45) is 1.62. The maximum Gasteiger partial charge on any atom is 0.184 e. The van der Waals surface area contributed by atoms with Crippen molar-refractivity contribution < 1.29 is 0 Å². The zero-order chi connectivity index (χ0) is 13.6. The Morgan fingerprint density at radius 3 is 3.00 bits per heavy atom. The number of nitrogens with one attached hydrogen (secondary N) is 1. The van der Waals surface area contributed by atoms with Gasteiger partial charge < -0.3 is 4.98 Å². The molecular formula is C13H9BrClN3S. The second-order valence-corrected chi connectivity index (χ2v) is 5.85. The van der Waals surface area contributed by atoms with Gasteiger partial charge in [-0.2, -0.15) is 0 Å². The summed E-state index contributed by atoms with van der Waals surface area (Å²) < 4.78 is 3.56. The van der Waals surface area contributed by atoms with Gasteiger partial charge in [0, 0.05) is 10.7 Å². The molecule has 0 aliphatic carbocycles. The van der Waals surface area contributed by atoms with Crippen LogP contribution in [0.3, 0.4) is 0 Å². The Balaban J connectivity index is 2.40. The number of aromatic amines is 1. The van der Waals surface area contributed by atoms with E-state index in [-0.39, 0.29) is 0 Å². The molecule has 0 saturated heterocycles. The molecule has 0 saturated carbocycles. The van der Waals surface area contributed by atoms with Gasteiger partial charge in [0.1, 0.15) is 0 Å². The molecule has 19 heavy (non-hydrogen) atoms. The van der Waals surface area contributed by atoms with Crippen LogP contribution in [0.5, 0.6) is 0 Å². The second-order valence-electron chi connectivity index (χ2n) is 4.17. The molecule has 0 radical (unpaired) electrons. The molecule has 3 aromatic rings. The van der Waals surface area contributed by atoms with Crippen LogP contribution in [0.4, 0.5) is 0 Å². The molecule has 0 aliphatic heterocycles. The van der Waals surface area contributed by atoms with Gasteiger partial charge in [0.25, 0.3) is 0 Å². The maximum atomic E-state index is 5.95. The van der Waals surface area contributed by atoms with Crippen LogP contribution < -0.4 is 0 Å². The van der Waals surface area contributed by atoms with E-state index in [1.807, 2.05) is 35.8 Å². The first kappa shape index (κ1) is 12.8. The normalized spacial score (nSPS) is 11.1. The van der Waals surface area contributed by atoms with Crippen LogP contribution in [0.25, 0.3) is 16.9 Å². The number of aromatic nitrogens is 3. The minimum atomic E-state index is 0.585. The van der Waals surface area contributed by atoms with E-state index in [9.17, 15) is 0 Å². The molecule has 1 N–H and O–H groups in total. The van der Waals surface area contributed by atoms with Crippen molar-refractivity contribution in [2.24, 2.45) is 0 Å². The van der Waals surface area contributed by atoms with Gasteiger partial charge in [-0.05, 0) is 42.9 Å². The molecule has 96 valence electrons. The third kappa shape index (κ3) is 2.12. The van der Waals surface area contributed by atoms with Crippen LogP contribution in [0, 0.1) is 11.7 Å². The van der Waals surface area contributed by atoms with Crippen LogP contribution >= 0.6 is 39.7 Å². The van der Waals surface area contributed by atoms with Crippen LogP contribution in [0.1, 0.15) is 5.56 Å². The highest BCUT2D eigenvalue weighted by molar-refractivity contribution is 9.10. The van der Waals surface area contributed by atoms with Crippen molar-refractivity contribution in [2.45, 2.75) is 6.92 Å². The fraction of sp³-hybridized carbons (Fsp3) is 0.0769. The zero-order valence-corrected chi connectivity index (χ0v) is 13.1. The van der Waals surface area contributed by atoms with Gasteiger partial charge in [-0.15, -0.1) is 0 Å². The van der Waals surface area contributed by atoms with Gasteiger partial charge >= 0.3 is 0 Å². The highest BCUT2D eigenvalue weighted by Crippen LogP contribution is 2.26. The number of fused-ring (bicyclic) bond motifs is 1. The molecule has 0 aliphatic rings. The minimum Gasteiger partial charge on any atom is -0.329 e. The Kier molecular flexibility index (Phi) is 3.20. The number of H-pyrrole nitrogens is 1. The molecule has 0 atom stereocenters. The number of rotatable bonds is 1. The highest BCUT2D eigenvalue weighted by atomic mass is 79.9. The Morgan fingerprint density at radius 1 is 1.42 bits per heavy atom. The molecule has 0 unspecified atom stereocenters. The van der Waals surface area contributed by atoms with Gasteiger partial charge in [-0.25, -0.2) is 4.98 Å². The average Bonchev–Trinajstić information content (AvgIpc) is 2.68. The largest absolute Gasteiger partial charge is 0.329 e. The van der Waals surface area contributed by atoms with Crippen molar-refractivity contribution >= 4 is 50.9 Å². The Morgan fingerprint density at radius 2 is 2.21 bits per heavy atom. The number of hydrogen-bond donors (Lipinski definition) is 1. The van der Waals surface area contributed by atoms with E-state index in [0.717, 1.165) is 26.9 Å². The molecule has 0 bridgehead atoms. The molecular weight excluding hydrogens is 346 g/mol. The summed E-state index contributed by atoms with van der Waals surface area (Å²) in [6.45, 7) is 2.04. The van der Waals surface area contributed by atoms with Crippen LogP contribution in [-0.2, 0) is 0 Å². The van der Waals surface area contributed by atoms with Crippen molar-refractivity contribution in [2.75, 3.05) is 0 Å². The van der Waals surface area contributed by atoms with E-state index in [1.165, 1.54) is 0 Å². The quantitative estimate of drug-likeness (QED) is 0.636. The molecule has 6 heteroatoms. The number of hydrogen-bond acceptors (Lipinski definition) is 2. The lowest BCUT2D eigenvalue weighted by molar-refractivity contribution is 1.03. The molecule has 2 heterocycles. The van der Waals surface area contributed by atoms with Gasteiger partial charge in [-0.3, -0.25) is 4.57 Å². The first-order valence-corrected chi connectivity index (χ1v) is 7.17. The van der Waals surface area contributed by atoms with E-state index in [2.05, 4.69) is 25.9 Å². The second kappa shape index (κ2) is 4.74. The standard InChI is InChI=1S/C13H9BrClN3S/c1-7-9(14)3-2-4-11(7)18-12-10(17-13(18)19)5-8(15)6-16-12/h2-6H,1H3,(H,17,19). The summed E-state index contributed by atoms with van der Waals surface area (Å²) in [6, 6.07) is 7.81. The predicted molar refractivity (Wildman–Crippen MR) is 83.7 cm³/mol. The lowest BCUT2D eigenvalue weighted by Gasteiger charge is -2.09. The highest BCUT2D eigenvalue weighted by Gasteiger charge is 2.11. The lowest BCUT2D eigenvalue weighted by Crippen LogP contribution is -1.98. The smallest absolute Gasteiger partial charge is 0.184 e. The number of benzene rings is 1. The first-order valence-electron chi connectivity index (χ1n) is 5.59. The van der Waals surface area contributed by atoms with E-state index in [4.69, 9.17) is 23.8 Å². The third-order valence-electron chi connectivity index (χ3n) is 2.97. The van der Waals surface area contributed by atoms with Crippen molar-refractivity contribution in [3.63, 3.8) is 0 Å².